The van der Waals surface area contributed by atoms with Crippen molar-refractivity contribution in [3.8, 4) is 28.0 Å². The minimum absolute atomic E-state index is 0.434. The maximum Gasteiger partial charge on any atom is 0.141 e. The third-order valence-corrected chi connectivity index (χ3v) is 8.60. The van der Waals surface area contributed by atoms with Crippen molar-refractivity contribution < 1.29 is 4.21 Å². The summed E-state index contributed by atoms with van der Waals surface area (Å²) in [6, 6.07) is 4.75. The van der Waals surface area contributed by atoms with Crippen molar-refractivity contribution in [2.45, 2.75) is 50.6 Å². The summed E-state index contributed by atoms with van der Waals surface area (Å²) in [5, 5.41) is 13.8. The standard InChI is InChI=1S/C21H23N5OS3/c1-3-4-9-30(27)13-29-20-17(11-22)16(10-18(25-20)21-23-7-8-28-21)19-12-24-14(2)26(19)15-5-6-15/h7-8,10,12,15H,3-6,9,13H2,1-2H3. The number of nitrogens with zero attached hydrogens (tertiary/aromatic N) is 5. The van der Waals surface area contributed by atoms with Crippen LogP contribution in [0.25, 0.3) is 22.0 Å². The van der Waals surface area contributed by atoms with Gasteiger partial charge in [0.15, 0.2) is 0 Å². The number of pyridine rings is 1. The second kappa shape index (κ2) is 9.41. The second-order valence-corrected chi connectivity index (χ2v) is 11.0. The van der Waals surface area contributed by atoms with Crippen LogP contribution in [0.5, 0.6) is 0 Å². The first kappa shape index (κ1) is 21.2. The molecular weight excluding hydrogens is 434 g/mol. The Hall–Kier alpha value is -2.02. The van der Waals surface area contributed by atoms with Gasteiger partial charge >= 0.3 is 0 Å². The molecule has 3 heterocycles. The molecule has 1 fully saturated rings. The Morgan fingerprint density at radius 2 is 2.23 bits per heavy atom. The average molecular weight is 458 g/mol. The molecule has 1 saturated carbocycles. The predicted molar refractivity (Wildman–Crippen MR) is 123 cm³/mol. The molecule has 0 N–H and O–H groups in total. The summed E-state index contributed by atoms with van der Waals surface area (Å²) in [5.74, 6) is 1.64. The highest BCUT2D eigenvalue weighted by atomic mass is 32.2. The summed E-state index contributed by atoms with van der Waals surface area (Å²) in [5.41, 5.74) is 3.03. The van der Waals surface area contributed by atoms with Crippen molar-refractivity contribution >= 4 is 33.9 Å². The van der Waals surface area contributed by atoms with E-state index < -0.39 is 10.8 Å². The first-order valence-corrected chi connectivity index (χ1v) is 13.3. The van der Waals surface area contributed by atoms with Crippen LogP contribution < -0.4 is 0 Å². The van der Waals surface area contributed by atoms with E-state index in [1.165, 1.54) is 23.1 Å². The van der Waals surface area contributed by atoms with Crippen LogP contribution in [-0.4, -0.2) is 34.6 Å². The Bertz CT molecular complexity index is 1100. The molecule has 0 aliphatic heterocycles. The first-order chi connectivity index (χ1) is 14.6. The van der Waals surface area contributed by atoms with Crippen LogP contribution in [0.1, 0.15) is 50.0 Å². The lowest BCUT2D eigenvalue weighted by Gasteiger charge is -2.14. The van der Waals surface area contributed by atoms with Gasteiger partial charge in [-0.05, 0) is 32.3 Å². The van der Waals surface area contributed by atoms with Crippen LogP contribution in [0.3, 0.4) is 0 Å². The van der Waals surface area contributed by atoms with Crippen LogP contribution in [0.2, 0.25) is 0 Å². The normalized spacial score (nSPS) is 14.6. The van der Waals surface area contributed by atoms with Crippen molar-refractivity contribution in [2.24, 2.45) is 0 Å². The lowest BCUT2D eigenvalue weighted by Crippen LogP contribution is -2.04. The summed E-state index contributed by atoms with van der Waals surface area (Å²) in [6.45, 7) is 4.10. The Labute approximate surface area is 187 Å². The van der Waals surface area contributed by atoms with Gasteiger partial charge in [0.05, 0.1) is 22.5 Å². The van der Waals surface area contributed by atoms with Gasteiger partial charge in [-0.2, -0.15) is 5.26 Å². The molecule has 0 spiro atoms. The molecule has 9 heteroatoms. The molecule has 0 bridgehead atoms. The molecule has 1 aliphatic carbocycles. The maximum atomic E-state index is 12.4. The van der Waals surface area contributed by atoms with Crippen molar-refractivity contribution in [1.29, 1.82) is 5.26 Å². The third-order valence-electron chi connectivity index (χ3n) is 4.97. The van der Waals surface area contributed by atoms with E-state index in [0.717, 1.165) is 53.5 Å². The number of aromatic nitrogens is 4. The summed E-state index contributed by atoms with van der Waals surface area (Å²) >= 11 is 2.92. The third kappa shape index (κ3) is 4.51. The molecule has 3 aromatic heterocycles. The number of thioether (sulfide) groups is 1. The van der Waals surface area contributed by atoms with Crippen molar-refractivity contribution in [1.82, 2.24) is 19.5 Å². The smallest absolute Gasteiger partial charge is 0.141 e. The first-order valence-electron chi connectivity index (χ1n) is 9.99. The highest BCUT2D eigenvalue weighted by molar-refractivity contribution is 8.10. The minimum Gasteiger partial charge on any atom is -0.325 e. The quantitative estimate of drug-likeness (QED) is 0.412. The topological polar surface area (TPSA) is 84.5 Å². The van der Waals surface area contributed by atoms with E-state index in [1.807, 2.05) is 24.6 Å². The Kier molecular flexibility index (Phi) is 6.66. The number of hydrogen-bond acceptors (Lipinski definition) is 7. The Morgan fingerprint density at radius 3 is 2.90 bits per heavy atom. The van der Waals surface area contributed by atoms with E-state index in [0.29, 0.717) is 27.5 Å². The van der Waals surface area contributed by atoms with Crippen LogP contribution in [0.4, 0.5) is 0 Å². The molecular formula is C21H23N5OS3. The largest absolute Gasteiger partial charge is 0.325 e. The molecule has 1 atom stereocenters. The number of unbranched alkanes of at least 4 members (excludes halogenated alkanes) is 1. The SMILES string of the molecule is CCCCS(=O)CSc1nc(-c2nccs2)cc(-c2cnc(C)n2C2CC2)c1C#N. The molecule has 3 aromatic rings. The van der Waals surface area contributed by atoms with E-state index in [-0.39, 0.29) is 0 Å². The fourth-order valence-corrected chi connectivity index (χ4v) is 6.44. The molecule has 156 valence electrons. The summed E-state index contributed by atoms with van der Waals surface area (Å²) < 4.78 is 14.6. The number of aryl methyl sites for hydroxylation is 1. The molecule has 0 amide bonds. The van der Waals surface area contributed by atoms with E-state index >= 15 is 0 Å². The Morgan fingerprint density at radius 1 is 1.40 bits per heavy atom. The Balaban J connectivity index is 1.78. The number of hydrogen-bond donors (Lipinski definition) is 0. The van der Waals surface area contributed by atoms with E-state index in [4.69, 9.17) is 4.98 Å². The predicted octanol–water partition coefficient (Wildman–Crippen LogP) is 5.18. The lowest BCUT2D eigenvalue weighted by molar-refractivity contribution is 0.682. The highest BCUT2D eigenvalue weighted by Crippen LogP contribution is 2.42. The van der Waals surface area contributed by atoms with E-state index in [9.17, 15) is 9.47 Å². The van der Waals surface area contributed by atoms with Gasteiger partial charge in [0, 0.05) is 39.7 Å². The fourth-order valence-electron chi connectivity index (χ4n) is 3.33. The fraction of sp³-hybridized carbons (Fsp3) is 0.429. The molecule has 1 aliphatic rings. The summed E-state index contributed by atoms with van der Waals surface area (Å²) in [6.07, 6.45) is 7.83. The second-order valence-electron chi connectivity index (χ2n) is 7.24. The van der Waals surface area contributed by atoms with Crippen LogP contribution >= 0.6 is 23.1 Å². The van der Waals surface area contributed by atoms with Gasteiger partial charge in [-0.25, -0.2) is 15.0 Å². The number of nitriles is 1. The van der Waals surface area contributed by atoms with E-state index in [2.05, 4.69) is 27.5 Å². The zero-order chi connectivity index (χ0) is 21.1. The molecule has 4 rings (SSSR count). The molecule has 0 saturated heterocycles. The number of imidazole rings is 1. The van der Waals surface area contributed by atoms with Gasteiger partial charge in [-0.15, -0.1) is 11.3 Å². The molecule has 30 heavy (non-hydrogen) atoms. The van der Waals surface area contributed by atoms with Gasteiger partial charge in [0.2, 0.25) is 0 Å². The highest BCUT2D eigenvalue weighted by Gasteiger charge is 2.29. The average Bonchev–Trinajstić information content (AvgIpc) is 3.28. The molecule has 0 aromatic carbocycles. The van der Waals surface area contributed by atoms with Crippen LogP contribution in [0, 0.1) is 18.3 Å². The van der Waals surface area contributed by atoms with Gasteiger partial charge in [-0.1, -0.05) is 25.1 Å². The summed E-state index contributed by atoms with van der Waals surface area (Å²) in [7, 11) is -0.940. The van der Waals surface area contributed by atoms with Crippen molar-refractivity contribution in [2.75, 3.05) is 10.8 Å². The molecule has 0 radical (unpaired) electrons. The van der Waals surface area contributed by atoms with Crippen molar-refractivity contribution in [3.63, 3.8) is 0 Å². The van der Waals surface area contributed by atoms with Crippen molar-refractivity contribution in [3.05, 3.63) is 35.2 Å². The van der Waals surface area contributed by atoms with Gasteiger partial charge in [0.25, 0.3) is 0 Å². The molecule has 1 unspecified atom stereocenters. The maximum absolute atomic E-state index is 12.4. The van der Waals surface area contributed by atoms with Crippen LogP contribution in [-0.2, 0) is 10.8 Å². The summed E-state index contributed by atoms with van der Waals surface area (Å²) in [4.78, 5) is 13.7. The van der Waals surface area contributed by atoms with Gasteiger partial charge in [-0.3, -0.25) is 4.21 Å². The zero-order valence-corrected chi connectivity index (χ0v) is 19.4. The number of thiazole rings is 1. The molecule has 6 nitrogen and oxygen atoms in total. The monoisotopic (exact) mass is 457 g/mol. The van der Waals surface area contributed by atoms with Crippen LogP contribution in [0.15, 0.2) is 28.9 Å². The van der Waals surface area contributed by atoms with E-state index in [1.54, 1.807) is 6.20 Å². The minimum atomic E-state index is -0.940. The zero-order valence-electron chi connectivity index (χ0n) is 17.0. The van der Waals surface area contributed by atoms with Gasteiger partial charge < -0.3 is 4.57 Å². The van der Waals surface area contributed by atoms with Gasteiger partial charge in [0.1, 0.15) is 27.6 Å². The lowest BCUT2D eigenvalue weighted by atomic mass is 10.1. The number of rotatable bonds is 9.